The molecule has 0 spiro atoms. The maximum Gasteiger partial charge on any atom is 0.408 e. The van der Waals surface area contributed by atoms with Crippen LogP contribution in [0.1, 0.15) is 17.4 Å². The molecule has 0 unspecified atom stereocenters. The van der Waals surface area contributed by atoms with E-state index in [-0.39, 0.29) is 10.7 Å². The SMILES string of the molecule is C[C@H](NC(=O)c1ncc(-c2cn(C)c3c(Br)cnc(N)c23)cc1Cl)C(F)(F)F. The predicted octanol–water partition coefficient (Wildman–Crippen LogP) is 4.31. The highest BCUT2D eigenvalue weighted by Gasteiger charge is 2.37. The fourth-order valence-electron chi connectivity index (χ4n) is 2.74. The lowest BCUT2D eigenvalue weighted by atomic mass is 10.1. The van der Waals surface area contributed by atoms with Crippen LogP contribution in [-0.2, 0) is 7.05 Å². The number of alkyl halides is 3. The lowest BCUT2D eigenvalue weighted by molar-refractivity contribution is -0.149. The Morgan fingerprint density at radius 2 is 2.04 bits per heavy atom. The van der Waals surface area contributed by atoms with Gasteiger partial charge in [-0.1, -0.05) is 11.6 Å². The molecule has 0 aliphatic rings. The van der Waals surface area contributed by atoms with E-state index in [1.54, 1.807) is 12.4 Å². The van der Waals surface area contributed by atoms with Crippen LogP contribution in [0.2, 0.25) is 5.02 Å². The van der Waals surface area contributed by atoms with Crippen molar-refractivity contribution in [1.29, 1.82) is 0 Å². The number of rotatable bonds is 3. The Hall–Kier alpha value is -2.33. The first kappa shape index (κ1) is 20.4. The molecule has 0 saturated carbocycles. The zero-order valence-corrected chi connectivity index (χ0v) is 16.9. The third kappa shape index (κ3) is 3.66. The van der Waals surface area contributed by atoms with Gasteiger partial charge in [0.25, 0.3) is 5.91 Å². The van der Waals surface area contributed by atoms with Crippen molar-refractivity contribution in [2.24, 2.45) is 7.05 Å². The summed E-state index contributed by atoms with van der Waals surface area (Å²) in [5, 5.41) is 2.42. The Morgan fingerprint density at radius 1 is 1.36 bits per heavy atom. The van der Waals surface area contributed by atoms with Crippen molar-refractivity contribution < 1.29 is 18.0 Å². The number of fused-ring (bicyclic) bond motifs is 1. The van der Waals surface area contributed by atoms with E-state index in [0.29, 0.717) is 22.3 Å². The van der Waals surface area contributed by atoms with Crippen LogP contribution in [0.4, 0.5) is 19.0 Å². The van der Waals surface area contributed by atoms with Crippen LogP contribution >= 0.6 is 27.5 Å². The average Bonchev–Trinajstić information content (AvgIpc) is 2.95. The zero-order chi connectivity index (χ0) is 20.8. The van der Waals surface area contributed by atoms with Crippen LogP contribution in [0.3, 0.4) is 0 Å². The quantitative estimate of drug-likeness (QED) is 0.590. The first-order chi connectivity index (χ1) is 13.0. The Kier molecular flexibility index (Phi) is 5.28. The fourth-order valence-corrected chi connectivity index (χ4v) is 3.58. The van der Waals surface area contributed by atoms with Crippen molar-refractivity contribution >= 4 is 50.2 Å². The van der Waals surface area contributed by atoms with Gasteiger partial charge < -0.3 is 15.6 Å². The summed E-state index contributed by atoms with van der Waals surface area (Å²) in [6.07, 6.45) is 0.172. The molecular weight excluding hydrogens is 463 g/mol. The third-order valence-electron chi connectivity index (χ3n) is 4.19. The minimum atomic E-state index is -4.57. The minimum Gasteiger partial charge on any atom is -0.383 e. The summed E-state index contributed by atoms with van der Waals surface area (Å²) < 4.78 is 40.5. The van der Waals surface area contributed by atoms with Gasteiger partial charge in [-0.2, -0.15) is 13.2 Å². The van der Waals surface area contributed by atoms with Gasteiger partial charge in [-0.05, 0) is 28.9 Å². The number of hydrogen-bond donors (Lipinski definition) is 2. The Morgan fingerprint density at radius 3 is 2.64 bits per heavy atom. The maximum absolute atomic E-state index is 12.6. The van der Waals surface area contributed by atoms with E-state index in [1.807, 2.05) is 16.9 Å². The lowest BCUT2D eigenvalue weighted by Gasteiger charge is -2.17. The normalized spacial score (nSPS) is 13.0. The number of nitrogens with zero attached hydrogens (tertiary/aromatic N) is 3. The summed E-state index contributed by atoms with van der Waals surface area (Å²) in [7, 11) is 1.82. The monoisotopic (exact) mass is 475 g/mol. The van der Waals surface area contributed by atoms with Gasteiger partial charge >= 0.3 is 6.18 Å². The Balaban J connectivity index is 2.01. The molecule has 3 aromatic rings. The molecule has 0 fully saturated rings. The highest BCUT2D eigenvalue weighted by atomic mass is 79.9. The second kappa shape index (κ2) is 7.25. The molecule has 3 heterocycles. The van der Waals surface area contributed by atoms with E-state index in [4.69, 9.17) is 17.3 Å². The van der Waals surface area contributed by atoms with E-state index in [9.17, 15) is 18.0 Å². The molecule has 3 N–H and O–H groups in total. The first-order valence-corrected chi connectivity index (χ1v) is 9.10. The summed E-state index contributed by atoms with van der Waals surface area (Å²) in [4.78, 5) is 20.2. The molecular formula is C17H14BrClF3N5O. The zero-order valence-electron chi connectivity index (χ0n) is 14.6. The largest absolute Gasteiger partial charge is 0.408 e. The molecule has 0 aromatic carbocycles. The molecule has 148 valence electrons. The molecule has 0 aliphatic heterocycles. The molecule has 0 saturated heterocycles. The number of nitrogen functional groups attached to an aromatic ring is 1. The van der Waals surface area contributed by atoms with Crippen molar-refractivity contribution in [1.82, 2.24) is 19.9 Å². The number of hydrogen-bond acceptors (Lipinski definition) is 4. The van der Waals surface area contributed by atoms with E-state index in [0.717, 1.165) is 16.9 Å². The summed E-state index contributed by atoms with van der Waals surface area (Å²) in [6, 6.07) is -0.574. The van der Waals surface area contributed by atoms with Crippen molar-refractivity contribution in [3.8, 4) is 11.1 Å². The Labute approximate surface area is 171 Å². The summed E-state index contributed by atoms with van der Waals surface area (Å²) in [6.45, 7) is 0.837. The van der Waals surface area contributed by atoms with Gasteiger partial charge in [-0.15, -0.1) is 0 Å². The molecule has 11 heteroatoms. The van der Waals surface area contributed by atoms with Crippen LogP contribution in [0, 0.1) is 0 Å². The number of carbonyl (C=O) groups is 1. The van der Waals surface area contributed by atoms with Crippen LogP contribution in [0.15, 0.2) is 29.1 Å². The maximum atomic E-state index is 12.6. The van der Waals surface area contributed by atoms with Crippen LogP contribution in [0.25, 0.3) is 22.0 Å². The second-order valence-corrected chi connectivity index (χ2v) is 7.42. The van der Waals surface area contributed by atoms with E-state index >= 15 is 0 Å². The summed E-state index contributed by atoms with van der Waals surface area (Å²) in [5.41, 5.74) is 7.75. The number of halogens is 5. The van der Waals surface area contributed by atoms with Crippen LogP contribution < -0.4 is 11.1 Å². The van der Waals surface area contributed by atoms with Crippen LogP contribution in [-0.4, -0.2) is 32.7 Å². The highest BCUT2D eigenvalue weighted by molar-refractivity contribution is 9.10. The predicted molar refractivity (Wildman–Crippen MR) is 104 cm³/mol. The standard InChI is InChI=1S/C17H14BrClF3N5O/c1-7(17(20,21)22)26-16(28)13-11(19)3-8(4-24-13)9-6-27(2)14-10(18)5-25-15(23)12(9)14/h3-7H,1-2H3,(H2,23,25)(H,26,28)/t7-/m0/s1. The van der Waals surface area contributed by atoms with Crippen LogP contribution in [0.5, 0.6) is 0 Å². The number of carbonyl (C=O) groups excluding carboxylic acids is 1. The lowest BCUT2D eigenvalue weighted by Crippen LogP contribution is -2.43. The number of amides is 1. The number of anilines is 1. The van der Waals surface area contributed by atoms with Crippen molar-refractivity contribution in [2.75, 3.05) is 5.73 Å². The smallest absolute Gasteiger partial charge is 0.383 e. The molecule has 1 atom stereocenters. The van der Waals surface area contributed by atoms with Gasteiger partial charge in [0.05, 0.1) is 20.4 Å². The number of nitrogens with one attached hydrogen (secondary N) is 1. The minimum absolute atomic E-state index is 0.0806. The van der Waals surface area contributed by atoms with Crippen molar-refractivity contribution in [2.45, 2.75) is 19.1 Å². The van der Waals surface area contributed by atoms with E-state index < -0.39 is 18.1 Å². The summed E-state index contributed by atoms with van der Waals surface area (Å²) in [5.74, 6) is -0.714. The van der Waals surface area contributed by atoms with Gasteiger partial charge in [0.2, 0.25) is 0 Å². The number of aryl methyl sites for hydroxylation is 1. The third-order valence-corrected chi connectivity index (χ3v) is 5.06. The molecule has 0 radical (unpaired) electrons. The molecule has 3 rings (SSSR count). The van der Waals surface area contributed by atoms with Crippen molar-refractivity contribution in [3.05, 3.63) is 39.8 Å². The number of aromatic nitrogens is 3. The molecule has 0 bridgehead atoms. The molecule has 0 aliphatic carbocycles. The Bertz CT molecular complexity index is 1080. The first-order valence-electron chi connectivity index (χ1n) is 7.93. The molecule has 3 aromatic heterocycles. The van der Waals surface area contributed by atoms with Gasteiger partial charge in [0.15, 0.2) is 0 Å². The van der Waals surface area contributed by atoms with E-state index in [1.165, 1.54) is 12.3 Å². The van der Waals surface area contributed by atoms with Crippen molar-refractivity contribution in [3.63, 3.8) is 0 Å². The summed E-state index contributed by atoms with van der Waals surface area (Å²) >= 11 is 9.56. The van der Waals surface area contributed by atoms with Gasteiger partial charge in [0, 0.05) is 36.8 Å². The molecule has 28 heavy (non-hydrogen) atoms. The topological polar surface area (TPSA) is 85.8 Å². The fraction of sp³-hybridized carbons (Fsp3) is 0.235. The number of pyridine rings is 2. The highest BCUT2D eigenvalue weighted by Crippen LogP contribution is 2.37. The number of nitrogens with two attached hydrogens (primary N) is 1. The van der Waals surface area contributed by atoms with Gasteiger partial charge in [0.1, 0.15) is 17.6 Å². The van der Waals surface area contributed by atoms with Gasteiger partial charge in [-0.25, -0.2) is 9.97 Å². The average molecular weight is 477 g/mol. The van der Waals surface area contributed by atoms with E-state index in [2.05, 4.69) is 25.9 Å². The van der Waals surface area contributed by atoms with Gasteiger partial charge in [-0.3, -0.25) is 4.79 Å². The molecule has 6 nitrogen and oxygen atoms in total. The second-order valence-electron chi connectivity index (χ2n) is 6.16. The molecule has 1 amide bonds.